The molecular weight excluding hydrogens is 453 g/mol. The molecule has 0 aliphatic rings. The maximum Gasteiger partial charge on any atom is 0.165 e. The van der Waals surface area contributed by atoms with E-state index in [4.69, 9.17) is 32.7 Å². The van der Waals surface area contributed by atoms with E-state index in [1.54, 1.807) is 12.1 Å². The molecule has 3 aromatic carbocycles. The van der Waals surface area contributed by atoms with Crippen LogP contribution in [0.4, 0.5) is 0 Å². The van der Waals surface area contributed by atoms with Gasteiger partial charge in [-0.15, -0.1) is 6.58 Å². The van der Waals surface area contributed by atoms with Crippen LogP contribution in [-0.4, -0.2) is 6.61 Å². The third-order valence-electron chi connectivity index (χ3n) is 4.98. The molecule has 5 heteroatoms. The number of hydrogen-bond acceptors (Lipinski definition) is 3. The Morgan fingerprint density at radius 3 is 2.42 bits per heavy atom. The summed E-state index contributed by atoms with van der Waals surface area (Å²) in [5.74, 6) is 1.26. The fourth-order valence-corrected chi connectivity index (χ4v) is 3.69. The van der Waals surface area contributed by atoms with Crippen LogP contribution in [-0.2, 0) is 13.0 Å². The molecule has 0 amide bonds. The lowest BCUT2D eigenvalue weighted by Gasteiger charge is -2.17. The molecule has 0 unspecified atom stereocenters. The second-order valence-electron chi connectivity index (χ2n) is 7.51. The number of rotatable bonds is 9. The van der Waals surface area contributed by atoms with Gasteiger partial charge in [0.25, 0.3) is 0 Å². The van der Waals surface area contributed by atoms with Gasteiger partial charge in [-0.2, -0.15) is 5.26 Å². The average Bonchev–Trinajstić information content (AvgIpc) is 2.80. The first kappa shape index (κ1) is 24.5. The third kappa shape index (κ3) is 6.42. The Labute approximate surface area is 205 Å². The first-order chi connectivity index (χ1) is 15.9. The maximum atomic E-state index is 9.75. The molecule has 0 atom stereocenters. The Kier molecular flexibility index (Phi) is 8.60. The molecule has 3 nitrogen and oxygen atoms in total. The van der Waals surface area contributed by atoms with Crippen molar-refractivity contribution in [2.75, 3.05) is 6.61 Å². The summed E-state index contributed by atoms with van der Waals surface area (Å²) in [4.78, 5) is 0. The van der Waals surface area contributed by atoms with E-state index < -0.39 is 0 Å². The topological polar surface area (TPSA) is 42.2 Å². The van der Waals surface area contributed by atoms with Crippen LogP contribution in [0, 0.1) is 18.3 Å². The Hall–Kier alpha value is -3.19. The number of aryl methyl sites for hydroxylation is 1. The van der Waals surface area contributed by atoms with Gasteiger partial charge in [-0.05, 0) is 67.3 Å². The molecule has 0 saturated carbocycles. The second-order valence-corrected chi connectivity index (χ2v) is 8.32. The maximum absolute atomic E-state index is 9.75. The highest BCUT2D eigenvalue weighted by molar-refractivity contribution is 6.42. The molecule has 33 heavy (non-hydrogen) atoms. The van der Waals surface area contributed by atoms with E-state index in [0.717, 1.165) is 27.8 Å². The van der Waals surface area contributed by atoms with Crippen LogP contribution >= 0.6 is 23.2 Å². The molecular formula is C28H25Cl2NO2. The van der Waals surface area contributed by atoms with E-state index >= 15 is 0 Å². The van der Waals surface area contributed by atoms with Gasteiger partial charge in [0.05, 0.1) is 28.3 Å². The van der Waals surface area contributed by atoms with Crippen molar-refractivity contribution in [1.82, 2.24) is 0 Å². The van der Waals surface area contributed by atoms with Gasteiger partial charge in [-0.3, -0.25) is 0 Å². The molecule has 0 aromatic heterocycles. The van der Waals surface area contributed by atoms with Crippen molar-refractivity contribution in [1.29, 1.82) is 5.26 Å². The minimum Gasteiger partial charge on any atom is -0.490 e. The van der Waals surface area contributed by atoms with Gasteiger partial charge >= 0.3 is 0 Å². The number of hydrogen-bond donors (Lipinski definition) is 0. The van der Waals surface area contributed by atoms with Gasteiger partial charge in [-0.25, -0.2) is 0 Å². The summed E-state index contributed by atoms with van der Waals surface area (Å²) in [5.41, 5.74) is 5.26. The SMILES string of the molecule is C=CCc1cc(/C=C(/C#N)c2ccc(C)cc2)cc(OCC)c1OCc1ccc(Cl)c(Cl)c1. The van der Waals surface area contributed by atoms with Crippen LogP contribution in [0.5, 0.6) is 11.5 Å². The van der Waals surface area contributed by atoms with Crippen LogP contribution in [0.15, 0.2) is 67.3 Å². The highest BCUT2D eigenvalue weighted by Crippen LogP contribution is 2.36. The van der Waals surface area contributed by atoms with Crippen LogP contribution < -0.4 is 9.47 Å². The van der Waals surface area contributed by atoms with E-state index in [1.807, 2.05) is 68.5 Å². The molecule has 0 N–H and O–H groups in total. The van der Waals surface area contributed by atoms with Crippen molar-refractivity contribution in [3.05, 3.63) is 105 Å². The van der Waals surface area contributed by atoms with Gasteiger partial charge in [0, 0.05) is 5.56 Å². The summed E-state index contributed by atoms with van der Waals surface area (Å²) in [6.07, 6.45) is 4.27. The summed E-state index contributed by atoms with van der Waals surface area (Å²) in [5, 5.41) is 10.7. The number of nitrogens with zero attached hydrogens (tertiary/aromatic N) is 1. The van der Waals surface area contributed by atoms with E-state index in [-0.39, 0.29) is 0 Å². The first-order valence-corrected chi connectivity index (χ1v) is 11.4. The van der Waals surface area contributed by atoms with Crippen molar-refractivity contribution in [3.63, 3.8) is 0 Å². The van der Waals surface area contributed by atoms with Gasteiger partial charge in [0.1, 0.15) is 6.61 Å². The zero-order valence-corrected chi connectivity index (χ0v) is 20.2. The fourth-order valence-electron chi connectivity index (χ4n) is 3.37. The summed E-state index contributed by atoms with van der Waals surface area (Å²) in [6.45, 7) is 8.61. The van der Waals surface area contributed by atoms with Crippen LogP contribution in [0.25, 0.3) is 11.6 Å². The summed E-state index contributed by atoms with van der Waals surface area (Å²) < 4.78 is 12.1. The Balaban J connectivity index is 1.99. The summed E-state index contributed by atoms with van der Waals surface area (Å²) >= 11 is 12.2. The molecule has 3 aromatic rings. The minimum absolute atomic E-state index is 0.309. The zero-order valence-electron chi connectivity index (χ0n) is 18.7. The van der Waals surface area contributed by atoms with Crippen molar-refractivity contribution < 1.29 is 9.47 Å². The highest BCUT2D eigenvalue weighted by Gasteiger charge is 2.14. The predicted molar refractivity (Wildman–Crippen MR) is 137 cm³/mol. The number of benzene rings is 3. The predicted octanol–water partition coefficient (Wildman–Crippen LogP) is 8.07. The van der Waals surface area contributed by atoms with Crippen molar-refractivity contribution >= 4 is 34.9 Å². The van der Waals surface area contributed by atoms with Crippen LogP contribution in [0.1, 0.15) is 34.7 Å². The number of halogens is 2. The highest BCUT2D eigenvalue weighted by atomic mass is 35.5. The van der Waals surface area contributed by atoms with E-state index in [0.29, 0.717) is 46.8 Å². The standard InChI is InChI=1S/C28H25Cl2NO2/c1-4-6-23-13-21(14-24(17-31)22-10-7-19(3)8-11-22)16-27(32-5-2)28(23)33-18-20-9-12-25(29)26(30)15-20/h4,7-16H,1,5-6,18H2,2-3H3/b24-14-. The van der Waals surface area contributed by atoms with Gasteiger partial charge in [0.15, 0.2) is 11.5 Å². The zero-order chi connectivity index (χ0) is 23.8. The molecule has 0 fully saturated rings. The van der Waals surface area contributed by atoms with Gasteiger partial charge in [0.2, 0.25) is 0 Å². The van der Waals surface area contributed by atoms with E-state index in [2.05, 4.69) is 12.6 Å². The number of allylic oxidation sites excluding steroid dienone is 2. The number of nitriles is 1. The van der Waals surface area contributed by atoms with Crippen molar-refractivity contribution in [3.8, 4) is 17.6 Å². The third-order valence-corrected chi connectivity index (χ3v) is 5.72. The van der Waals surface area contributed by atoms with Gasteiger partial charge in [-0.1, -0.05) is 65.2 Å². The Bertz CT molecular complexity index is 1210. The minimum atomic E-state index is 0.309. The molecule has 0 radical (unpaired) electrons. The molecule has 0 aliphatic heterocycles. The van der Waals surface area contributed by atoms with E-state index in [1.165, 1.54) is 0 Å². The van der Waals surface area contributed by atoms with E-state index in [9.17, 15) is 5.26 Å². The quantitative estimate of drug-likeness (QED) is 0.177. The monoisotopic (exact) mass is 477 g/mol. The number of ether oxygens (including phenoxy) is 2. The molecule has 0 heterocycles. The van der Waals surface area contributed by atoms with Crippen LogP contribution in [0.3, 0.4) is 0 Å². The smallest absolute Gasteiger partial charge is 0.165 e. The lowest BCUT2D eigenvalue weighted by atomic mass is 10.00. The second kappa shape index (κ2) is 11.6. The van der Waals surface area contributed by atoms with Crippen molar-refractivity contribution in [2.24, 2.45) is 0 Å². The molecule has 0 spiro atoms. The van der Waals surface area contributed by atoms with Crippen molar-refractivity contribution in [2.45, 2.75) is 26.9 Å². The Morgan fingerprint density at radius 2 is 1.79 bits per heavy atom. The van der Waals surface area contributed by atoms with Gasteiger partial charge < -0.3 is 9.47 Å². The molecule has 0 saturated heterocycles. The molecule has 3 rings (SSSR count). The lowest BCUT2D eigenvalue weighted by molar-refractivity contribution is 0.267. The normalized spacial score (nSPS) is 11.1. The summed E-state index contributed by atoms with van der Waals surface area (Å²) in [7, 11) is 0. The summed E-state index contributed by atoms with van der Waals surface area (Å²) in [6, 6.07) is 19.5. The van der Waals surface area contributed by atoms with Crippen LogP contribution in [0.2, 0.25) is 10.0 Å². The molecule has 0 bridgehead atoms. The largest absolute Gasteiger partial charge is 0.490 e. The fraction of sp³-hybridized carbons (Fsp3) is 0.179. The Morgan fingerprint density at radius 1 is 1.03 bits per heavy atom. The average molecular weight is 478 g/mol. The molecule has 0 aliphatic carbocycles. The first-order valence-electron chi connectivity index (χ1n) is 10.6. The molecule has 168 valence electrons. The lowest BCUT2D eigenvalue weighted by Crippen LogP contribution is -2.03.